The lowest BCUT2D eigenvalue weighted by atomic mass is 10.0. The molecule has 0 unspecified atom stereocenters. The van der Waals surface area contributed by atoms with Crippen molar-refractivity contribution in [3.05, 3.63) is 80.9 Å². The summed E-state index contributed by atoms with van der Waals surface area (Å²) < 4.78 is 37.7. The van der Waals surface area contributed by atoms with Crippen LogP contribution in [-0.2, 0) is 20.8 Å². The van der Waals surface area contributed by atoms with E-state index in [1.54, 1.807) is 32.9 Å². The van der Waals surface area contributed by atoms with Gasteiger partial charge in [-0.05, 0) is 49.1 Å². The van der Waals surface area contributed by atoms with Gasteiger partial charge in [-0.25, -0.2) is 9.59 Å². The number of benzene rings is 3. The van der Waals surface area contributed by atoms with E-state index < -0.39 is 11.9 Å². The molecule has 0 N–H and O–H groups in total. The van der Waals surface area contributed by atoms with Gasteiger partial charge in [0.2, 0.25) is 0 Å². The zero-order valence-corrected chi connectivity index (χ0v) is 23.5. The van der Waals surface area contributed by atoms with E-state index in [4.69, 9.17) is 44.8 Å². The molecule has 0 heterocycles. The molecule has 9 nitrogen and oxygen atoms in total. The van der Waals surface area contributed by atoms with Crippen molar-refractivity contribution < 1.29 is 42.7 Å². The summed E-state index contributed by atoms with van der Waals surface area (Å²) in [6.45, 7) is 4.95. The van der Waals surface area contributed by atoms with Gasteiger partial charge in [0.05, 0.1) is 7.11 Å². The van der Waals surface area contributed by atoms with Crippen molar-refractivity contribution in [1.29, 1.82) is 0 Å². The number of ether oxygens (including phenoxy) is 7. The van der Waals surface area contributed by atoms with Crippen LogP contribution in [-0.4, -0.2) is 46.9 Å². The molecule has 3 aromatic rings. The number of halogens is 1. The Balaban J connectivity index is 1.96. The fourth-order valence-electron chi connectivity index (χ4n) is 3.82. The van der Waals surface area contributed by atoms with Crippen LogP contribution >= 0.6 is 11.6 Å². The van der Waals surface area contributed by atoms with E-state index in [2.05, 4.69) is 0 Å². The standard InChI is InChI=1S/C29H31ClO9/c1-17-12-21(36-14-20-10-8-7-9-11-20)13-22(35-6)23(17)29(32)39-26-19(3)18(2)24(28(31)38-16-34-5)27(25(26)30)37-15-33-4/h7-13H,14-16H2,1-6H3. The number of carbonyl (C=O) groups excluding carboxylic acids is 2. The molecular weight excluding hydrogens is 528 g/mol. The Kier molecular flexibility index (Phi) is 10.6. The van der Waals surface area contributed by atoms with Crippen LogP contribution < -0.4 is 18.9 Å². The number of carbonyl (C=O) groups is 2. The first-order chi connectivity index (χ1) is 18.7. The van der Waals surface area contributed by atoms with Gasteiger partial charge in [0.1, 0.15) is 34.3 Å². The molecule has 0 aliphatic carbocycles. The fraction of sp³-hybridized carbons (Fsp3) is 0.310. The predicted molar refractivity (Wildman–Crippen MR) is 144 cm³/mol. The molecule has 0 saturated carbocycles. The van der Waals surface area contributed by atoms with Crippen LogP contribution in [0.15, 0.2) is 42.5 Å². The molecule has 0 aliphatic heterocycles. The summed E-state index contributed by atoms with van der Waals surface area (Å²) in [5.41, 5.74) is 2.73. The largest absolute Gasteiger partial charge is 0.496 e. The van der Waals surface area contributed by atoms with Crippen LogP contribution in [0, 0.1) is 20.8 Å². The average molecular weight is 559 g/mol. The Labute approximate surface area is 232 Å². The first-order valence-electron chi connectivity index (χ1n) is 11.9. The molecule has 0 amide bonds. The van der Waals surface area contributed by atoms with Crippen LogP contribution in [0.3, 0.4) is 0 Å². The van der Waals surface area contributed by atoms with E-state index >= 15 is 0 Å². The quantitative estimate of drug-likeness (QED) is 0.155. The van der Waals surface area contributed by atoms with Gasteiger partial charge >= 0.3 is 11.9 Å². The van der Waals surface area contributed by atoms with E-state index in [-0.39, 0.29) is 47.0 Å². The zero-order chi connectivity index (χ0) is 28.5. The molecule has 0 aromatic heterocycles. The highest BCUT2D eigenvalue weighted by Crippen LogP contribution is 2.44. The van der Waals surface area contributed by atoms with Crippen molar-refractivity contribution in [3.8, 4) is 23.0 Å². The second-order valence-electron chi connectivity index (χ2n) is 8.47. The number of hydrogen-bond acceptors (Lipinski definition) is 9. The van der Waals surface area contributed by atoms with Crippen molar-refractivity contribution in [2.24, 2.45) is 0 Å². The smallest absolute Gasteiger partial charge is 0.347 e. The van der Waals surface area contributed by atoms with Crippen molar-refractivity contribution in [3.63, 3.8) is 0 Å². The number of hydrogen-bond donors (Lipinski definition) is 0. The summed E-state index contributed by atoms with van der Waals surface area (Å²) in [6, 6.07) is 13.0. The van der Waals surface area contributed by atoms with Gasteiger partial charge in [-0.3, -0.25) is 0 Å². The molecule has 3 rings (SSSR count). The topological polar surface area (TPSA) is 98.8 Å². The average Bonchev–Trinajstić information content (AvgIpc) is 2.94. The zero-order valence-electron chi connectivity index (χ0n) is 22.7. The molecular formula is C29H31ClO9. The van der Waals surface area contributed by atoms with Crippen molar-refractivity contribution >= 4 is 23.5 Å². The summed E-state index contributed by atoms with van der Waals surface area (Å²) in [6.07, 6.45) is 0. The third-order valence-corrected chi connectivity index (χ3v) is 6.22. The summed E-state index contributed by atoms with van der Waals surface area (Å²) in [5, 5.41) is -0.0905. The molecule has 0 saturated heterocycles. The Hall–Kier alpha value is -3.79. The number of rotatable bonds is 12. The minimum Gasteiger partial charge on any atom is -0.496 e. The third kappa shape index (κ3) is 7.00. The molecule has 0 atom stereocenters. The van der Waals surface area contributed by atoms with E-state index in [0.29, 0.717) is 29.0 Å². The van der Waals surface area contributed by atoms with Crippen LogP contribution in [0.1, 0.15) is 43.0 Å². The van der Waals surface area contributed by atoms with Gasteiger partial charge in [-0.2, -0.15) is 0 Å². The lowest BCUT2D eigenvalue weighted by Crippen LogP contribution is -2.17. The number of esters is 2. The molecule has 0 aliphatic rings. The van der Waals surface area contributed by atoms with E-state index in [1.807, 2.05) is 30.3 Å². The maximum Gasteiger partial charge on any atom is 0.347 e. The van der Waals surface area contributed by atoms with Gasteiger partial charge in [0, 0.05) is 20.3 Å². The van der Waals surface area contributed by atoms with Gasteiger partial charge in [0.25, 0.3) is 0 Å². The fourth-order valence-corrected chi connectivity index (χ4v) is 4.15. The highest BCUT2D eigenvalue weighted by Gasteiger charge is 2.29. The lowest BCUT2D eigenvalue weighted by molar-refractivity contribution is -0.0133. The highest BCUT2D eigenvalue weighted by molar-refractivity contribution is 6.34. The Morgan fingerprint density at radius 2 is 1.49 bits per heavy atom. The molecule has 0 bridgehead atoms. The maximum atomic E-state index is 13.4. The Morgan fingerprint density at radius 1 is 0.795 bits per heavy atom. The summed E-state index contributed by atoms with van der Waals surface area (Å²) >= 11 is 6.63. The van der Waals surface area contributed by atoms with Gasteiger partial charge < -0.3 is 33.2 Å². The molecule has 3 aromatic carbocycles. The molecule has 10 heteroatoms. The minimum atomic E-state index is -0.716. The van der Waals surface area contributed by atoms with Crippen LogP contribution in [0.2, 0.25) is 5.02 Å². The summed E-state index contributed by atoms with van der Waals surface area (Å²) in [5.74, 6) is -0.644. The minimum absolute atomic E-state index is 0.0272. The SMILES string of the molecule is COCOC(=O)c1c(C)c(C)c(OC(=O)c2c(C)cc(OCc3ccccc3)cc2OC)c(Cl)c1OCOC. The summed E-state index contributed by atoms with van der Waals surface area (Å²) in [7, 11) is 4.26. The molecule has 208 valence electrons. The van der Waals surface area contributed by atoms with E-state index in [1.165, 1.54) is 21.3 Å². The maximum absolute atomic E-state index is 13.4. The lowest BCUT2D eigenvalue weighted by Gasteiger charge is -2.20. The Morgan fingerprint density at radius 3 is 2.13 bits per heavy atom. The predicted octanol–water partition coefficient (Wildman–Crippen LogP) is 5.82. The summed E-state index contributed by atoms with van der Waals surface area (Å²) in [4.78, 5) is 26.2. The van der Waals surface area contributed by atoms with Gasteiger partial charge in [0.15, 0.2) is 25.1 Å². The van der Waals surface area contributed by atoms with Crippen molar-refractivity contribution in [1.82, 2.24) is 0 Å². The number of methoxy groups -OCH3 is 3. The third-order valence-electron chi connectivity index (χ3n) is 5.88. The van der Waals surface area contributed by atoms with Gasteiger partial charge in [-0.1, -0.05) is 41.9 Å². The molecule has 0 radical (unpaired) electrons. The van der Waals surface area contributed by atoms with Crippen molar-refractivity contribution in [2.45, 2.75) is 27.4 Å². The Bertz CT molecular complexity index is 1320. The molecule has 0 fully saturated rings. The first kappa shape index (κ1) is 29.8. The first-order valence-corrected chi connectivity index (χ1v) is 12.3. The van der Waals surface area contributed by atoms with Crippen LogP contribution in [0.25, 0.3) is 0 Å². The second-order valence-corrected chi connectivity index (χ2v) is 8.85. The number of aryl methyl sites for hydroxylation is 1. The van der Waals surface area contributed by atoms with Crippen molar-refractivity contribution in [2.75, 3.05) is 34.9 Å². The van der Waals surface area contributed by atoms with Crippen LogP contribution in [0.5, 0.6) is 23.0 Å². The van der Waals surface area contributed by atoms with Gasteiger partial charge in [-0.15, -0.1) is 0 Å². The second kappa shape index (κ2) is 13.8. The molecule has 39 heavy (non-hydrogen) atoms. The molecule has 0 spiro atoms. The van der Waals surface area contributed by atoms with Crippen LogP contribution in [0.4, 0.5) is 0 Å². The van der Waals surface area contributed by atoms with E-state index in [0.717, 1.165) is 5.56 Å². The highest BCUT2D eigenvalue weighted by atomic mass is 35.5. The monoisotopic (exact) mass is 558 g/mol. The normalized spacial score (nSPS) is 10.6. The van der Waals surface area contributed by atoms with E-state index in [9.17, 15) is 9.59 Å².